The van der Waals surface area contributed by atoms with E-state index in [1.54, 1.807) is 24.3 Å². The molecule has 0 spiro atoms. The van der Waals surface area contributed by atoms with Gasteiger partial charge in [-0.3, -0.25) is 19.0 Å². The summed E-state index contributed by atoms with van der Waals surface area (Å²) in [5.41, 5.74) is 3.48. The topological polar surface area (TPSA) is 90.3 Å². The first-order valence-corrected chi connectivity index (χ1v) is 9.57. The second-order valence-corrected chi connectivity index (χ2v) is 7.15. The van der Waals surface area contributed by atoms with Crippen LogP contribution >= 0.6 is 0 Å². The fourth-order valence-electron chi connectivity index (χ4n) is 3.54. The van der Waals surface area contributed by atoms with E-state index >= 15 is 0 Å². The van der Waals surface area contributed by atoms with E-state index in [9.17, 15) is 14.4 Å². The number of amides is 1. The van der Waals surface area contributed by atoms with E-state index in [-0.39, 0.29) is 12.1 Å². The van der Waals surface area contributed by atoms with E-state index in [0.717, 1.165) is 19.3 Å². The molecule has 1 N–H and O–H groups in total. The lowest BCUT2D eigenvalue weighted by Crippen LogP contribution is -2.33. The lowest BCUT2D eigenvalue weighted by molar-refractivity contribution is -0.153. The summed E-state index contributed by atoms with van der Waals surface area (Å²) in [5, 5.41) is 3.20. The second-order valence-electron chi connectivity index (χ2n) is 7.15. The summed E-state index contributed by atoms with van der Waals surface area (Å²) < 4.78 is 6.39. The molecule has 7 heteroatoms. The SMILES string of the molecule is C[C@H](OC(=O)Cn1cnc2ccccc2c1=O)C(=O)Nc1ccc2c(c1)CCC2. The van der Waals surface area contributed by atoms with E-state index in [2.05, 4.69) is 10.3 Å². The largest absolute Gasteiger partial charge is 0.451 e. The molecule has 29 heavy (non-hydrogen) atoms. The van der Waals surface area contributed by atoms with Crippen LogP contribution < -0.4 is 10.9 Å². The molecule has 0 saturated carbocycles. The zero-order valence-corrected chi connectivity index (χ0v) is 16.1. The Labute approximate surface area is 167 Å². The van der Waals surface area contributed by atoms with E-state index in [4.69, 9.17) is 4.74 Å². The van der Waals surface area contributed by atoms with Crippen LogP contribution in [0.3, 0.4) is 0 Å². The van der Waals surface area contributed by atoms with Crippen molar-refractivity contribution in [2.24, 2.45) is 0 Å². The molecular formula is C22H21N3O4. The third-order valence-corrected chi connectivity index (χ3v) is 5.07. The molecule has 3 aromatic rings. The van der Waals surface area contributed by atoms with Gasteiger partial charge in [-0.2, -0.15) is 0 Å². The van der Waals surface area contributed by atoms with Crippen LogP contribution in [0.25, 0.3) is 10.9 Å². The van der Waals surface area contributed by atoms with Crippen molar-refractivity contribution in [1.82, 2.24) is 9.55 Å². The number of carbonyl (C=O) groups is 2. The van der Waals surface area contributed by atoms with Gasteiger partial charge in [-0.25, -0.2) is 4.98 Å². The first-order chi connectivity index (χ1) is 14.0. The van der Waals surface area contributed by atoms with Gasteiger partial charge in [0.1, 0.15) is 6.54 Å². The summed E-state index contributed by atoms with van der Waals surface area (Å²) in [6.07, 6.45) is 3.53. The van der Waals surface area contributed by atoms with Gasteiger partial charge in [-0.15, -0.1) is 0 Å². The Kier molecular flexibility index (Phi) is 5.12. The Morgan fingerprint density at radius 3 is 2.83 bits per heavy atom. The van der Waals surface area contributed by atoms with Crippen molar-refractivity contribution in [2.75, 3.05) is 5.32 Å². The Bertz CT molecular complexity index is 1150. The third kappa shape index (κ3) is 4.03. The van der Waals surface area contributed by atoms with Crippen LogP contribution in [0.5, 0.6) is 0 Å². The van der Waals surface area contributed by atoms with Gasteiger partial charge in [0.15, 0.2) is 6.10 Å². The highest BCUT2D eigenvalue weighted by molar-refractivity contribution is 5.95. The Morgan fingerprint density at radius 1 is 1.17 bits per heavy atom. The van der Waals surface area contributed by atoms with Crippen LogP contribution in [0.4, 0.5) is 5.69 Å². The minimum atomic E-state index is -0.986. The van der Waals surface area contributed by atoms with Crippen molar-refractivity contribution in [3.8, 4) is 0 Å². The van der Waals surface area contributed by atoms with Gasteiger partial charge >= 0.3 is 5.97 Å². The molecule has 0 fully saturated rings. The maximum Gasteiger partial charge on any atom is 0.326 e. The number of esters is 1. The van der Waals surface area contributed by atoms with Crippen LogP contribution in [0, 0.1) is 0 Å². The fourth-order valence-corrected chi connectivity index (χ4v) is 3.54. The zero-order chi connectivity index (χ0) is 20.4. The van der Waals surface area contributed by atoms with Gasteiger partial charge in [0, 0.05) is 5.69 Å². The summed E-state index contributed by atoms with van der Waals surface area (Å²) in [6.45, 7) is 1.19. The highest BCUT2D eigenvalue weighted by Gasteiger charge is 2.20. The van der Waals surface area contributed by atoms with E-state index in [1.165, 1.54) is 28.9 Å². The number of nitrogens with zero attached hydrogens (tertiary/aromatic N) is 2. The summed E-state index contributed by atoms with van der Waals surface area (Å²) in [5.74, 6) is -1.10. The highest BCUT2D eigenvalue weighted by atomic mass is 16.5. The number of hydrogen-bond acceptors (Lipinski definition) is 5. The van der Waals surface area contributed by atoms with Crippen LogP contribution in [0.15, 0.2) is 53.6 Å². The summed E-state index contributed by atoms with van der Waals surface area (Å²) in [7, 11) is 0. The molecule has 2 aromatic carbocycles. The number of fused-ring (bicyclic) bond motifs is 2. The van der Waals surface area contributed by atoms with Crippen LogP contribution in [0.2, 0.25) is 0 Å². The minimum absolute atomic E-state index is 0.312. The van der Waals surface area contributed by atoms with Crippen molar-refractivity contribution in [3.05, 3.63) is 70.3 Å². The second kappa shape index (κ2) is 7.87. The number of rotatable bonds is 5. The zero-order valence-electron chi connectivity index (χ0n) is 16.1. The van der Waals surface area contributed by atoms with Crippen molar-refractivity contribution < 1.29 is 14.3 Å². The average molecular weight is 391 g/mol. The quantitative estimate of drug-likeness (QED) is 0.675. The number of hydrogen-bond donors (Lipinski definition) is 1. The van der Waals surface area contributed by atoms with Crippen LogP contribution in [0.1, 0.15) is 24.5 Å². The molecule has 0 aliphatic heterocycles. The summed E-state index contributed by atoms with van der Waals surface area (Å²) in [4.78, 5) is 41.2. The van der Waals surface area contributed by atoms with Crippen molar-refractivity contribution >= 4 is 28.5 Å². The first kappa shape index (κ1) is 18.9. The normalized spacial score (nSPS) is 13.7. The number of benzene rings is 2. The molecule has 0 bridgehead atoms. The summed E-state index contributed by atoms with van der Waals surface area (Å²) in [6, 6.07) is 12.7. The predicted molar refractivity (Wildman–Crippen MR) is 109 cm³/mol. The molecular weight excluding hydrogens is 370 g/mol. The minimum Gasteiger partial charge on any atom is -0.451 e. The monoisotopic (exact) mass is 391 g/mol. The number of carbonyl (C=O) groups excluding carboxylic acids is 2. The Balaban J connectivity index is 1.38. The van der Waals surface area contributed by atoms with Crippen molar-refractivity contribution in [1.29, 1.82) is 0 Å². The lowest BCUT2D eigenvalue weighted by Gasteiger charge is -2.14. The van der Waals surface area contributed by atoms with Gasteiger partial charge in [-0.05, 0) is 61.6 Å². The molecule has 1 aliphatic carbocycles. The molecule has 0 unspecified atom stereocenters. The smallest absolute Gasteiger partial charge is 0.326 e. The van der Waals surface area contributed by atoms with E-state index < -0.39 is 18.0 Å². The maximum absolute atomic E-state index is 12.5. The van der Waals surface area contributed by atoms with Crippen LogP contribution in [-0.4, -0.2) is 27.5 Å². The first-order valence-electron chi connectivity index (χ1n) is 9.57. The molecule has 148 valence electrons. The fraction of sp³-hybridized carbons (Fsp3) is 0.273. The molecule has 1 aliphatic rings. The van der Waals surface area contributed by atoms with Crippen molar-refractivity contribution in [3.63, 3.8) is 0 Å². The predicted octanol–water partition coefficient (Wildman–Crippen LogP) is 2.46. The maximum atomic E-state index is 12.5. The third-order valence-electron chi connectivity index (χ3n) is 5.07. The molecule has 0 radical (unpaired) electrons. The summed E-state index contributed by atoms with van der Waals surface area (Å²) >= 11 is 0. The number of nitrogens with one attached hydrogen (secondary N) is 1. The standard InChI is InChI=1S/C22H21N3O4/c1-14(21(27)24-17-10-9-15-5-4-6-16(15)11-17)29-20(26)12-25-13-23-19-8-3-2-7-18(19)22(25)28/h2-3,7-11,13-14H,4-6,12H2,1H3,(H,24,27)/t14-/m0/s1. The molecule has 1 atom stereocenters. The van der Waals surface area contributed by atoms with Crippen molar-refractivity contribution in [2.45, 2.75) is 38.8 Å². The number of aryl methyl sites for hydroxylation is 2. The van der Waals surface area contributed by atoms with Gasteiger partial charge in [-0.1, -0.05) is 18.2 Å². The number of anilines is 1. The number of para-hydroxylation sites is 1. The van der Waals surface area contributed by atoms with Crippen LogP contribution in [-0.2, 0) is 33.7 Å². The molecule has 1 aromatic heterocycles. The molecule has 7 nitrogen and oxygen atoms in total. The van der Waals surface area contributed by atoms with Gasteiger partial charge in [0.05, 0.1) is 17.2 Å². The highest BCUT2D eigenvalue weighted by Crippen LogP contribution is 2.25. The Morgan fingerprint density at radius 2 is 1.97 bits per heavy atom. The van der Waals surface area contributed by atoms with Gasteiger partial charge in [0.2, 0.25) is 0 Å². The van der Waals surface area contributed by atoms with E-state index in [1.807, 2.05) is 18.2 Å². The molecule has 0 saturated heterocycles. The molecule has 1 amide bonds. The van der Waals surface area contributed by atoms with E-state index in [0.29, 0.717) is 16.6 Å². The lowest BCUT2D eigenvalue weighted by atomic mass is 10.1. The number of ether oxygens (including phenoxy) is 1. The van der Waals surface area contributed by atoms with Gasteiger partial charge in [0.25, 0.3) is 11.5 Å². The Hall–Kier alpha value is -3.48. The molecule has 4 rings (SSSR count). The molecule has 1 heterocycles. The number of aromatic nitrogens is 2. The van der Waals surface area contributed by atoms with Gasteiger partial charge < -0.3 is 10.1 Å². The average Bonchev–Trinajstić information content (AvgIpc) is 3.18.